The Hall–Kier alpha value is -2.81. The topological polar surface area (TPSA) is 78.7 Å². The van der Waals surface area contributed by atoms with Crippen molar-refractivity contribution < 1.29 is 32.4 Å². The molecule has 26 heavy (non-hydrogen) atoms. The van der Waals surface area contributed by atoms with Gasteiger partial charge in [-0.1, -0.05) is 11.6 Å². The second kappa shape index (κ2) is 7.61. The molecule has 0 saturated heterocycles. The molecular formula is C16H11ClF3NO5. The van der Waals surface area contributed by atoms with Gasteiger partial charge in [0.05, 0.1) is 22.1 Å². The first-order valence-corrected chi connectivity index (χ1v) is 7.51. The van der Waals surface area contributed by atoms with Gasteiger partial charge in [0.15, 0.2) is 0 Å². The molecule has 0 aliphatic rings. The van der Waals surface area contributed by atoms with Crippen LogP contribution in [0.15, 0.2) is 36.4 Å². The highest BCUT2D eigenvalue weighted by Gasteiger charge is 2.33. The average Bonchev–Trinajstić information content (AvgIpc) is 2.53. The van der Waals surface area contributed by atoms with E-state index in [1.165, 1.54) is 13.0 Å². The molecule has 2 aromatic carbocycles. The number of nitrogens with zero attached hydrogens (tertiary/aromatic N) is 1. The Bertz CT molecular complexity index is 854. The van der Waals surface area contributed by atoms with E-state index in [1.54, 1.807) is 0 Å². The third-order valence-electron chi connectivity index (χ3n) is 3.14. The molecule has 0 spiro atoms. The molecule has 6 nitrogen and oxygen atoms in total. The van der Waals surface area contributed by atoms with Crippen LogP contribution in [0.25, 0.3) is 0 Å². The molecule has 0 saturated carbocycles. The molecule has 0 aliphatic carbocycles. The Balaban J connectivity index is 2.35. The van der Waals surface area contributed by atoms with Crippen LogP contribution in [0.2, 0.25) is 5.02 Å². The highest BCUT2D eigenvalue weighted by molar-refractivity contribution is 6.31. The summed E-state index contributed by atoms with van der Waals surface area (Å²) in [6.07, 6.45) is -4.61. The van der Waals surface area contributed by atoms with Gasteiger partial charge in [-0.2, -0.15) is 13.2 Å². The summed E-state index contributed by atoms with van der Waals surface area (Å²) >= 11 is 5.61. The summed E-state index contributed by atoms with van der Waals surface area (Å²) < 4.78 is 48.2. The number of carbonyl (C=O) groups excluding carboxylic acids is 1. The van der Waals surface area contributed by atoms with Crippen LogP contribution in [0.4, 0.5) is 18.9 Å². The minimum absolute atomic E-state index is 0.00511. The van der Waals surface area contributed by atoms with Gasteiger partial charge in [0, 0.05) is 18.2 Å². The maximum atomic E-state index is 12.7. The van der Waals surface area contributed by atoms with Gasteiger partial charge in [-0.3, -0.25) is 10.1 Å². The smallest absolute Gasteiger partial charge is 0.417 e. The van der Waals surface area contributed by atoms with Crippen molar-refractivity contribution in [3.8, 4) is 11.5 Å². The number of benzene rings is 2. The summed E-state index contributed by atoms with van der Waals surface area (Å²) in [4.78, 5) is 22.1. The molecule has 0 N–H and O–H groups in total. The fourth-order valence-corrected chi connectivity index (χ4v) is 2.31. The van der Waals surface area contributed by atoms with Crippen LogP contribution in [0.3, 0.4) is 0 Å². The molecule has 0 unspecified atom stereocenters. The maximum absolute atomic E-state index is 12.7. The number of carbonyl (C=O) groups is 1. The fraction of sp³-hybridized carbons (Fsp3) is 0.188. The predicted octanol–water partition coefficient (Wildman–Crippen LogP) is 5.24. The van der Waals surface area contributed by atoms with Crippen LogP contribution in [0.5, 0.6) is 11.5 Å². The van der Waals surface area contributed by atoms with E-state index >= 15 is 0 Å². The maximum Gasteiger partial charge on any atom is 0.417 e. The first-order chi connectivity index (χ1) is 12.1. The minimum atomic E-state index is -4.61. The van der Waals surface area contributed by atoms with E-state index < -0.39 is 33.3 Å². The lowest BCUT2D eigenvalue weighted by atomic mass is 10.1. The van der Waals surface area contributed by atoms with Crippen molar-refractivity contribution in [3.05, 3.63) is 62.7 Å². The zero-order chi connectivity index (χ0) is 19.5. The SMILES string of the molecule is CCOC(=O)c1cc(Oc2ccc(C(F)(F)F)c(Cl)c2)ccc1[N+](=O)[O-]. The standard InChI is InChI=1S/C16H11ClF3NO5/c1-2-25-15(22)11-7-9(4-6-14(11)21(23)24)26-10-3-5-12(13(17)8-10)16(18,19)20/h3-8H,2H2,1H3. The number of nitro benzene ring substituents is 1. The van der Waals surface area contributed by atoms with Gasteiger partial charge in [-0.15, -0.1) is 0 Å². The van der Waals surface area contributed by atoms with Crippen molar-refractivity contribution in [3.63, 3.8) is 0 Å². The quantitative estimate of drug-likeness (QED) is 0.397. The number of halogens is 4. The monoisotopic (exact) mass is 389 g/mol. The summed E-state index contributed by atoms with van der Waals surface area (Å²) in [6.45, 7) is 1.55. The van der Waals surface area contributed by atoms with Gasteiger partial charge in [0.25, 0.3) is 5.69 Å². The number of rotatable bonds is 5. The van der Waals surface area contributed by atoms with Gasteiger partial charge in [0.1, 0.15) is 17.1 Å². The summed E-state index contributed by atoms with van der Waals surface area (Å²) in [5.74, 6) is -0.962. The van der Waals surface area contributed by atoms with E-state index in [1.807, 2.05) is 0 Å². The van der Waals surface area contributed by atoms with Crippen LogP contribution >= 0.6 is 11.6 Å². The molecule has 2 aromatic rings. The van der Waals surface area contributed by atoms with Crippen LogP contribution in [0, 0.1) is 10.1 Å². The second-order valence-electron chi connectivity index (χ2n) is 4.90. The summed E-state index contributed by atoms with van der Waals surface area (Å²) in [5, 5.41) is 10.4. The molecule has 0 fully saturated rings. The summed E-state index contributed by atoms with van der Waals surface area (Å²) in [7, 11) is 0. The highest BCUT2D eigenvalue weighted by atomic mass is 35.5. The van der Waals surface area contributed by atoms with Gasteiger partial charge in [-0.25, -0.2) is 4.79 Å². The third kappa shape index (κ3) is 4.42. The lowest BCUT2D eigenvalue weighted by Crippen LogP contribution is -2.08. The van der Waals surface area contributed by atoms with Crippen LogP contribution in [-0.4, -0.2) is 17.5 Å². The molecule has 10 heteroatoms. The molecule has 0 aliphatic heterocycles. The Labute approximate surface area is 150 Å². The molecule has 2 rings (SSSR count). The first-order valence-electron chi connectivity index (χ1n) is 7.13. The van der Waals surface area contributed by atoms with Crippen LogP contribution in [0.1, 0.15) is 22.8 Å². The van der Waals surface area contributed by atoms with Crippen LogP contribution < -0.4 is 4.74 Å². The third-order valence-corrected chi connectivity index (χ3v) is 3.45. The van der Waals surface area contributed by atoms with E-state index in [-0.39, 0.29) is 23.7 Å². The number of hydrogen-bond acceptors (Lipinski definition) is 5. The number of ether oxygens (including phenoxy) is 2. The Morgan fingerprint density at radius 2 is 1.81 bits per heavy atom. The minimum Gasteiger partial charge on any atom is -0.462 e. The lowest BCUT2D eigenvalue weighted by molar-refractivity contribution is -0.385. The number of hydrogen-bond donors (Lipinski definition) is 0. The van der Waals surface area contributed by atoms with E-state index in [2.05, 4.69) is 0 Å². The van der Waals surface area contributed by atoms with Crippen molar-refractivity contribution in [2.75, 3.05) is 6.61 Å². The fourth-order valence-electron chi connectivity index (χ4n) is 2.04. The average molecular weight is 390 g/mol. The van der Waals surface area contributed by atoms with Crippen LogP contribution in [-0.2, 0) is 10.9 Å². The van der Waals surface area contributed by atoms with Crippen molar-refractivity contribution in [1.82, 2.24) is 0 Å². The van der Waals surface area contributed by atoms with Gasteiger partial charge < -0.3 is 9.47 Å². The van der Waals surface area contributed by atoms with Gasteiger partial charge >= 0.3 is 12.1 Å². The molecule has 0 heterocycles. The second-order valence-corrected chi connectivity index (χ2v) is 5.31. The first kappa shape index (κ1) is 19.5. The van der Waals surface area contributed by atoms with Crippen molar-refractivity contribution in [1.29, 1.82) is 0 Å². The van der Waals surface area contributed by atoms with Crippen molar-refractivity contribution in [2.24, 2.45) is 0 Å². The van der Waals surface area contributed by atoms with E-state index in [0.29, 0.717) is 0 Å². The zero-order valence-electron chi connectivity index (χ0n) is 13.2. The Morgan fingerprint density at radius 3 is 2.35 bits per heavy atom. The molecule has 0 amide bonds. The lowest BCUT2D eigenvalue weighted by Gasteiger charge is -2.12. The summed E-state index contributed by atoms with van der Waals surface area (Å²) in [6, 6.07) is 6.05. The van der Waals surface area contributed by atoms with E-state index in [0.717, 1.165) is 30.3 Å². The van der Waals surface area contributed by atoms with Gasteiger partial charge in [-0.05, 0) is 25.1 Å². The number of esters is 1. The Morgan fingerprint density at radius 1 is 1.19 bits per heavy atom. The molecular weight excluding hydrogens is 379 g/mol. The highest BCUT2D eigenvalue weighted by Crippen LogP contribution is 2.37. The largest absolute Gasteiger partial charge is 0.462 e. The molecule has 0 aromatic heterocycles. The van der Waals surface area contributed by atoms with Crippen molar-refractivity contribution in [2.45, 2.75) is 13.1 Å². The van der Waals surface area contributed by atoms with E-state index in [9.17, 15) is 28.1 Å². The molecule has 0 atom stereocenters. The number of nitro groups is 1. The normalized spacial score (nSPS) is 11.1. The Kier molecular flexibility index (Phi) is 5.71. The molecule has 138 valence electrons. The number of alkyl halides is 3. The van der Waals surface area contributed by atoms with Crippen molar-refractivity contribution >= 4 is 23.3 Å². The molecule has 0 radical (unpaired) electrons. The molecule has 0 bridgehead atoms. The van der Waals surface area contributed by atoms with Gasteiger partial charge in [0.2, 0.25) is 0 Å². The zero-order valence-corrected chi connectivity index (χ0v) is 13.9. The predicted molar refractivity (Wildman–Crippen MR) is 85.6 cm³/mol. The van der Waals surface area contributed by atoms with E-state index in [4.69, 9.17) is 21.1 Å². The summed E-state index contributed by atoms with van der Waals surface area (Å²) in [5.41, 5.74) is -1.85.